The van der Waals surface area contributed by atoms with Crippen molar-refractivity contribution in [3.8, 4) is 0 Å². The largest absolute Gasteiger partial charge is 0.356 e. The Morgan fingerprint density at radius 1 is 1.07 bits per heavy atom. The predicted octanol–water partition coefficient (Wildman–Crippen LogP) is 2.86. The van der Waals surface area contributed by atoms with Gasteiger partial charge in [0.05, 0.1) is 0 Å². The third kappa shape index (κ3) is 7.10. The number of benzene rings is 1. The van der Waals surface area contributed by atoms with E-state index in [0.717, 1.165) is 57.2 Å². The molecule has 2 heterocycles. The van der Waals surface area contributed by atoms with Crippen molar-refractivity contribution in [2.24, 2.45) is 4.99 Å². The normalized spacial score (nSPS) is 14.2. The fourth-order valence-corrected chi connectivity index (χ4v) is 3.33. The van der Waals surface area contributed by atoms with Gasteiger partial charge in [-0.1, -0.05) is 30.3 Å². The molecule has 0 fully saturated rings. The fraction of sp³-hybridized carbons (Fsp3) is 0.429. The van der Waals surface area contributed by atoms with Gasteiger partial charge in [-0.2, -0.15) is 0 Å². The molecule has 6 heteroatoms. The number of hydrogen-bond donors (Lipinski definition) is 2. The summed E-state index contributed by atoms with van der Waals surface area (Å²) in [4.78, 5) is 11.2. The van der Waals surface area contributed by atoms with Crippen LogP contribution < -0.4 is 10.6 Å². The summed E-state index contributed by atoms with van der Waals surface area (Å²) in [5, 5.41) is 6.76. The minimum absolute atomic E-state index is 0. The van der Waals surface area contributed by atoms with Gasteiger partial charge in [-0.25, -0.2) is 0 Å². The summed E-state index contributed by atoms with van der Waals surface area (Å²) in [6, 6.07) is 14.8. The first-order valence-electron chi connectivity index (χ1n) is 9.49. The molecule has 27 heavy (non-hydrogen) atoms. The smallest absolute Gasteiger partial charge is 0.190 e. The molecule has 1 aliphatic heterocycles. The van der Waals surface area contributed by atoms with E-state index < -0.39 is 0 Å². The van der Waals surface area contributed by atoms with E-state index >= 15 is 0 Å². The first kappa shape index (κ1) is 21.6. The number of hydrogen-bond acceptors (Lipinski definition) is 3. The number of aliphatic imine (C=N–C) groups is 1. The standard InChI is InChI=1S/C21H29N5.HI/c1-22-21(25-14-10-20-9-4-5-12-23-20)24-13-6-15-26-16-11-18-7-2-3-8-19(18)17-26;/h2-5,7-9,12H,6,10-11,13-17H2,1H3,(H2,22,24,25);1H. The molecule has 1 aliphatic rings. The number of fused-ring (bicyclic) bond motifs is 1. The third-order valence-corrected chi connectivity index (χ3v) is 4.78. The van der Waals surface area contributed by atoms with Crippen molar-refractivity contribution >= 4 is 29.9 Å². The Hall–Kier alpha value is -1.67. The lowest BCUT2D eigenvalue weighted by Crippen LogP contribution is -2.40. The van der Waals surface area contributed by atoms with E-state index in [-0.39, 0.29) is 24.0 Å². The van der Waals surface area contributed by atoms with Gasteiger partial charge in [0.15, 0.2) is 5.96 Å². The lowest BCUT2D eigenvalue weighted by molar-refractivity contribution is 0.251. The molecule has 2 N–H and O–H groups in total. The van der Waals surface area contributed by atoms with Gasteiger partial charge in [-0.3, -0.25) is 14.9 Å². The molecule has 0 bridgehead atoms. The molecule has 0 spiro atoms. The second-order valence-electron chi connectivity index (χ2n) is 6.65. The zero-order valence-corrected chi connectivity index (χ0v) is 18.4. The maximum absolute atomic E-state index is 4.34. The summed E-state index contributed by atoms with van der Waals surface area (Å²) in [6.45, 7) is 5.12. The zero-order valence-electron chi connectivity index (χ0n) is 16.0. The van der Waals surface area contributed by atoms with Crippen LogP contribution in [0, 0.1) is 0 Å². The number of guanidine groups is 1. The molecule has 0 aliphatic carbocycles. The van der Waals surface area contributed by atoms with E-state index in [9.17, 15) is 0 Å². The maximum Gasteiger partial charge on any atom is 0.190 e. The molecule has 3 rings (SSSR count). The lowest BCUT2D eigenvalue weighted by Gasteiger charge is -2.28. The van der Waals surface area contributed by atoms with Gasteiger partial charge < -0.3 is 10.6 Å². The van der Waals surface area contributed by atoms with Crippen molar-refractivity contribution in [2.75, 3.05) is 33.2 Å². The van der Waals surface area contributed by atoms with Crippen molar-refractivity contribution in [2.45, 2.75) is 25.8 Å². The van der Waals surface area contributed by atoms with Gasteiger partial charge in [-0.15, -0.1) is 24.0 Å². The summed E-state index contributed by atoms with van der Waals surface area (Å²) in [7, 11) is 1.82. The van der Waals surface area contributed by atoms with Crippen molar-refractivity contribution < 1.29 is 0 Å². The highest BCUT2D eigenvalue weighted by molar-refractivity contribution is 14.0. The number of nitrogens with zero attached hydrogens (tertiary/aromatic N) is 3. The lowest BCUT2D eigenvalue weighted by atomic mass is 10.00. The minimum Gasteiger partial charge on any atom is -0.356 e. The summed E-state index contributed by atoms with van der Waals surface area (Å²) < 4.78 is 0. The molecule has 1 aromatic heterocycles. The van der Waals surface area contributed by atoms with Crippen LogP contribution in [0.25, 0.3) is 0 Å². The van der Waals surface area contributed by atoms with Crippen LogP contribution in [0.5, 0.6) is 0 Å². The van der Waals surface area contributed by atoms with Crippen LogP contribution in [0.1, 0.15) is 23.2 Å². The Morgan fingerprint density at radius 2 is 1.85 bits per heavy atom. The average molecular weight is 479 g/mol. The first-order valence-corrected chi connectivity index (χ1v) is 9.49. The number of aromatic nitrogens is 1. The number of nitrogens with one attached hydrogen (secondary N) is 2. The molecule has 0 saturated carbocycles. The number of pyridine rings is 1. The van der Waals surface area contributed by atoms with Crippen molar-refractivity contribution in [1.82, 2.24) is 20.5 Å². The zero-order chi connectivity index (χ0) is 18.0. The second kappa shape index (κ2) is 11.9. The molecular weight excluding hydrogens is 449 g/mol. The molecule has 0 atom stereocenters. The molecule has 5 nitrogen and oxygen atoms in total. The van der Waals surface area contributed by atoms with E-state index in [2.05, 4.69) is 55.8 Å². The Morgan fingerprint density at radius 3 is 2.63 bits per heavy atom. The fourth-order valence-electron chi connectivity index (χ4n) is 3.33. The second-order valence-corrected chi connectivity index (χ2v) is 6.65. The summed E-state index contributed by atoms with van der Waals surface area (Å²) in [6.07, 6.45) is 5.01. The third-order valence-electron chi connectivity index (χ3n) is 4.78. The summed E-state index contributed by atoms with van der Waals surface area (Å²) >= 11 is 0. The molecule has 2 aromatic rings. The van der Waals surface area contributed by atoms with Crippen molar-refractivity contribution in [3.05, 3.63) is 65.5 Å². The van der Waals surface area contributed by atoms with Gasteiger partial charge in [0.2, 0.25) is 0 Å². The van der Waals surface area contributed by atoms with Crippen LogP contribution in [0.15, 0.2) is 53.7 Å². The highest BCUT2D eigenvalue weighted by atomic mass is 127. The Bertz CT molecular complexity index is 705. The maximum atomic E-state index is 4.34. The number of halogens is 1. The van der Waals surface area contributed by atoms with E-state index in [0.29, 0.717) is 0 Å². The summed E-state index contributed by atoms with van der Waals surface area (Å²) in [5.74, 6) is 0.866. The molecule has 1 aromatic carbocycles. The molecule has 0 unspecified atom stereocenters. The molecule has 0 saturated heterocycles. The van der Waals surface area contributed by atoms with Crippen LogP contribution in [-0.4, -0.2) is 49.1 Å². The Balaban J connectivity index is 0.00000261. The van der Waals surface area contributed by atoms with E-state index in [1.54, 1.807) is 0 Å². The quantitative estimate of drug-likeness (QED) is 0.278. The number of rotatable bonds is 7. The van der Waals surface area contributed by atoms with Gasteiger partial charge in [0, 0.05) is 58.1 Å². The van der Waals surface area contributed by atoms with E-state index in [1.807, 2.05) is 25.4 Å². The SMILES string of the molecule is CN=C(NCCCN1CCc2ccccc2C1)NCCc1ccccn1.I. The highest BCUT2D eigenvalue weighted by Crippen LogP contribution is 2.18. The van der Waals surface area contributed by atoms with Crippen LogP contribution in [0.3, 0.4) is 0 Å². The Kier molecular flexibility index (Phi) is 9.55. The van der Waals surface area contributed by atoms with Crippen molar-refractivity contribution in [3.63, 3.8) is 0 Å². The van der Waals surface area contributed by atoms with Gasteiger partial charge in [0.1, 0.15) is 0 Å². The monoisotopic (exact) mass is 479 g/mol. The van der Waals surface area contributed by atoms with Crippen molar-refractivity contribution in [1.29, 1.82) is 0 Å². The first-order chi connectivity index (χ1) is 12.8. The highest BCUT2D eigenvalue weighted by Gasteiger charge is 2.14. The Labute approximate surface area is 179 Å². The van der Waals surface area contributed by atoms with E-state index in [4.69, 9.17) is 0 Å². The molecule has 0 radical (unpaired) electrons. The average Bonchev–Trinajstić information content (AvgIpc) is 2.70. The minimum atomic E-state index is 0. The van der Waals surface area contributed by atoms with Gasteiger partial charge in [0.25, 0.3) is 0 Å². The molecular formula is C21H30IN5. The van der Waals surface area contributed by atoms with Gasteiger partial charge in [-0.05, 0) is 36.1 Å². The van der Waals surface area contributed by atoms with Crippen LogP contribution in [0.4, 0.5) is 0 Å². The molecule has 146 valence electrons. The van der Waals surface area contributed by atoms with Gasteiger partial charge >= 0.3 is 0 Å². The van der Waals surface area contributed by atoms with Crippen LogP contribution in [0.2, 0.25) is 0 Å². The van der Waals surface area contributed by atoms with Crippen LogP contribution >= 0.6 is 24.0 Å². The topological polar surface area (TPSA) is 52.6 Å². The predicted molar refractivity (Wildman–Crippen MR) is 123 cm³/mol. The van der Waals surface area contributed by atoms with E-state index in [1.165, 1.54) is 17.5 Å². The summed E-state index contributed by atoms with van der Waals surface area (Å²) in [5.41, 5.74) is 4.10. The molecule has 0 amide bonds. The van der Waals surface area contributed by atoms with Crippen LogP contribution in [-0.2, 0) is 19.4 Å².